The topological polar surface area (TPSA) is 64.5 Å². The Hall–Kier alpha value is -2.17. The predicted octanol–water partition coefficient (Wildman–Crippen LogP) is 1.10. The molecule has 5 nitrogen and oxygen atoms in total. The summed E-state index contributed by atoms with van der Waals surface area (Å²) in [5, 5.41) is 7.78. The van der Waals surface area contributed by atoms with E-state index in [1.165, 1.54) is 11.8 Å². The summed E-state index contributed by atoms with van der Waals surface area (Å²) in [6, 6.07) is 7.11. The van der Waals surface area contributed by atoms with Gasteiger partial charge in [-0.05, 0) is 12.5 Å². The summed E-state index contributed by atoms with van der Waals surface area (Å²) in [6.45, 7) is 2.15. The molecule has 1 amide bonds. The van der Waals surface area contributed by atoms with Crippen molar-refractivity contribution >= 4 is 17.6 Å². The zero-order valence-electron chi connectivity index (χ0n) is 10.4. The number of nitrogens with one attached hydrogen (secondary N) is 1. The van der Waals surface area contributed by atoms with E-state index in [0.29, 0.717) is 12.1 Å². The van der Waals surface area contributed by atoms with E-state index < -0.39 is 0 Å². The molecule has 2 rings (SSSR count). The van der Waals surface area contributed by atoms with Crippen LogP contribution in [0.4, 0.5) is 0 Å². The number of carbonyl (C=O) groups is 2. The highest BCUT2D eigenvalue weighted by Gasteiger charge is 2.30. The molecule has 0 unspecified atom stereocenters. The maximum atomic E-state index is 11.7. The SMILES string of the molecule is CC(=O)c1ccc(CN2C(=N)N(C)CC2=O)cc1. The number of carbonyl (C=O) groups excluding carboxylic acids is 2. The van der Waals surface area contributed by atoms with E-state index in [9.17, 15) is 9.59 Å². The lowest BCUT2D eigenvalue weighted by atomic mass is 10.1. The van der Waals surface area contributed by atoms with Crippen molar-refractivity contribution in [2.45, 2.75) is 13.5 Å². The molecule has 0 atom stereocenters. The van der Waals surface area contributed by atoms with Crippen molar-refractivity contribution in [1.82, 2.24) is 9.80 Å². The van der Waals surface area contributed by atoms with Gasteiger partial charge in [-0.2, -0.15) is 0 Å². The molecule has 18 heavy (non-hydrogen) atoms. The molecule has 0 aliphatic carbocycles. The van der Waals surface area contributed by atoms with Crippen LogP contribution >= 0.6 is 0 Å². The van der Waals surface area contributed by atoms with Gasteiger partial charge in [-0.1, -0.05) is 24.3 Å². The molecule has 1 N–H and O–H groups in total. The van der Waals surface area contributed by atoms with Crippen molar-refractivity contribution in [3.05, 3.63) is 35.4 Å². The summed E-state index contributed by atoms with van der Waals surface area (Å²) < 4.78 is 0. The highest BCUT2D eigenvalue weighted by molar-refractivity contribution is 6.02. The number of benzene rings is 1. The van der Waals surface area contributed by atoms with Crippen molar-refractivity contribution < 1.29 is 9.59 Å². The Kier molecular flexibility index (Phi) is 3.14. The van der Waals surface area contributed by atoms with Crippen LogP contribution in [0.3, 0.4) is 0 Å². The molecule has 94 valence electrons. The fraction of sp³-hybridized carbons (Fsp3) is 0.308. The first-order valence-electron chi connectivity index (χ1n) is 5.69. The van der Waals surface area contributed by atoms with Crippen LogP contribution in [0.1, 0.15) is 22.8 Å². The number of rotatable bonds is 3. The monoisotopic (exact) mass is 245 g/mol. The van der Waals surface area contributed by atoms with Crippen LogP contribution in [0.5, 0.6) is 0 Å². The number of likely N-dealkylation sites (N-methyl/N-ethyl adjacent to an activating group) is 1. The van der Waals surface area contributed by atoms with Crippen molar-refractivity contribution in [1.29, 1.82) is 5.41 Å². The molecular formula is C13H15N3O2. The Morgan fingerprint density at radius 3 is 2.39 bits per heavy atom. The maximum absolute atomic E-state index is 11.7. The van der Waals surface area contributed by atoms with E-state index in [1.54, 1.807) is 24.1 Å². The van der Waals surface area contributed by atoms with Crippen molar-refractivity contribution in [3.63, 3.8) is 0 Å². The van der Waals surface area contributed by atoms with Gasteiger partial charge in [0.15, 0.2) is 5.78 Å². The molecule has 5 heteroatoms. The van der Waals surface area contributed by atoms with Crippen LogP contribution in [0.15, 0.2) is 24.3 Å². The smallest absolute Gasteiger partial charge is 0.249 e. The lowest BCUT2D eigenvalue weighted by Crippen LogP contribution is -2.31. The summed E-state index contributed by atoms with van der Waals surface area (Å²) in [5.41, 5.74) is 1.56. The van der Waals surface area contributed by atoms with E-state index in [-0.39, 0.29) is 24.2 Å². The Morgan fingerprint density at radius 2 is 1.94 bits per heavy atom. The molecule has 0 saturated carbocycles. The molecule has 1 aromatic carbocycles. The first-order chi connectivity index (χ1) is 8.49. The molecule has 1 aromatic rings. The molecular weight excluding hydrogens is 230 g/mol. The number of nitrogens with zero attached hydrogens (tertiary/aromatic N) is 2. The quantitative estimate of drug-likeness (QED) is 0.811. The van der Waals surface area contributed by atoms with Crippen molar-refractivity contribution in [2.24, 2.45) is 0 Å². The van der Waals surface area contributed by atoms with E-state index in [1.807, 2.05) is 12.1 Å². The predicted molar refractivity (Wildman–Crippen MR) is 67.4 cm³/mol. The third kappa shape index (κ3) is 2.25. The van der Waals surface area contributed by atoms with Gasteiger partial charge in [-0.3, -0.25) is 19.9 Å². The van der Waals surface area contributed by atoms with E-state index in [4.69, 9.17) is 5.41 Å². The Morgan fingerprint density at radius 1 is 1.33 bits per heavy atom. The zero-order valence-corrected chi connectivity index (χ0v) is 10.4. The molecule has 0 aromatic heterocycles. The molecule has 1 saturated heterocycles. The maximum Gasteiger partial charge on any atom is 0.249 e. The average molecular weight is 245 g/mol. The molecule has 1 fully saturated rings. The Balaban J connectivity index is 2.12. The van der Waals surface area contributed by atoms with Crippen LogP contribution in [-0.4, -0.2) is 41.0 Å². The minimum absolute atomic E-state index is 0.0197. The summed E-state index contributed by atoms with van der Waals surface area (Å²) in [7, 11) is 1.72. The minimum atomic E-state index is -0.0712. The molecule has 0 bridgehead atoms. The Labute approximate surface area is 106 Å². The summed E-state index contributed by atoms with van der Waals surface area (Å²) in [4.78, 5) is 25.8. The second kappa shape index (κ2) is 4.60. The van der Waals surface area contributed by atoms with Gasteiger partial charge < -0.3 is 4.90 Å². The van der Waals surface area contributed by atoms with Gasteiger partial charge >= 0.3 is 0 Å². The summed E-state index contributed by atoms with van der Waals surface area (Å²) >= 11 is 0. The second-order valence-corrected chi connectivity index (χ2v) is 4.41. The Bertz CT molecular complexity index is 507. The van der Waals surface area contributed by atoms with Crippen LogP contribution in [-0.2, 0) is 11.3 Å². The minimum Gasteiger partial charge on any atom is -0.336 e. The standard InChI is InChI=1S/C13H15N3O2/c1-9(17)11-5-3-10(4-6-11)7-16-12(18)8-15(2)13(16)14/h3-6,14H,7-8H2,1-2H3. The second-order valence-electron chi connectivity index (χ2n) is 4.41. The molecule has 1 aliphatic heterocycles. The highest BCUT2D eigenvalue weighted by Crippen LogP contribution is 2.13. The van der Waals surface area contributed by atoms with E-state index in [2.05, 4.69) is 0 Å². The van der Waals surface area contributed by atoms with E-state index in [0.717, 1.165) is 5.56 Å². The van der Waals surface area contributed by atoms with Crippen LogP contribution in [0.2, 0.25) is 0 Å². The number of guanidine groups is 1. The number of hydrogen-bond donors (Lipinski definition) is 1. The van der Waals surface area contributed by atoms with Gasteiger partial charge in [0.1, 0.15) is 0 Å². The lowest BCUT2D eigenvalue weighted by molar-refractivity contribution is -0.125. The largest absolute Gasteiger partial charge is 0.336 e. The average Bonchev–Trinajstić information content (AvgIpc) is 2.57. The lowest BCUT2D eigenvalue weighted by Gasteiger charge is -2.17. The first kappa shape index (κ1) is 12.3. The number of hydrogen-bond acceptors (Lipinski definition) is 3. The van der Waals surface area contributed by atoms with Gasteiger partial charge in [0.2, 0.25) is 11.9 Å². The zero-order chi connectivity index (χ0) is 13.3. The van der Waals surface area contributed by atoms with Gasteiger partial charge in [0.25, 0.3) is 0 Å². The molecule has 0 spiro atoms. The molecule has 1 aliphatic rings. The third-order valence-corrected chi connectivity index (χ3v) is 2.99. The summed E-state index contributed by atoms with van der Waals surface area (Å²) in [5.74, 6) is 0.167. The van der Waals surface area contributed by atoms with Crippen LogP contribution in [0, 0.1) is 5.41 Å². The van der Waals surface area contributed by atoms with Gasteiger partial charge in [0, 0.05) is 12.6 Å². The van der Waals surface area contributed by atoms with E-state index >= 15 is 0 Å². The third-order valence-electron chi connectivity index (χ3n) is 2.99. The fourth-order valence-electron chi connectivity index (χ4n) is 1.88. The number of ketones is 1. The van der Waals surface area contributed by atoms with Crippen molar-refractivity contribution in [3.8, 4) is 0 Å². The highest BCUT2D eigenvalue weighted by atomic mass is 16.2. The van der Waals surface area contributed by atoms with Gasteiger partial charge in [-0.15, -0.1) is 0 Å². The van der Waals surface area contributed by atoms with Crippen LogP contribution in [0.25, 0.3) is 0 Å². The van der Waals surface area contributed by atoms with Crippen LogP contribution < -0.4 is 0 Å². The van der Waals surface area contributed by atoms with Gasteiger partial charge in [-0.25, -0.2) is 0 Å². The molecule has 1 heterocycles. The van der Waals surface area contributed by atoms with Crippen molar-refractivity contribution in [2.75, 3.05) is 13.6 Å². The molecule has 0 radical (unpaired) electrons. The van der Waals surface area contributed by atoms with Gasteiger partial charge in [0.05, 0.1) is 13.1 Å². The first-order valence-corrected chi connectivity index (χ1v) is 5.69. The number of Topliss-reactive ketones (excluding diaryl/α,β-unsaturated/α-hetero) is 1. The number of amides is 1. The fourth-order valence-corrected chi connectivity index (χ4v) is 1.88. The summed E-state index contributed by atoms with van der Waals surface area (Å²) in [6.07, 6.45) is 0. The normalized spacial score (nSPS) is 15.4.